The molecule has 0 saturated carbocycles. The van der Waals surface area contributed by atoms with Crippen molar-refractivity contribution >= 4 is 0 Å². The molecular formula is C16H14O. The molecule has 0 N–H and O–H groups in total. The van der Waals surface area contributed by atoms with Gasteiger partial charge in [0.2, 0.25) is 0 Å². The van der Waals surface area contributed by atoms with E-state index in [9.17, 15) is 0 Å². The summed E-state index contributed by atoms with van der Waals surface area (Å²) in [6.45, 7) is 0. The van der Waals surface area contributed by atoms with Crippen LogP contribution < -0.4 is 4.74 Å². The van der Waals surface area contributed by atoms with Crippen LogP contribution >= 0.6 is 0 Å². The fourth-order valence-electron chi connectivity index (χ4n) is 3.21. The van der Waals surface area contributed by atoms with E-state index < -0.39 is 0 Å². The van der Waals surface area contributed by atoms with Crippen molar-refractivity contribution in [2.75, 3.05) is 0 Å². The predicted molar refractivity (Wildman–Crippen MR) is 67.3 cm³/mol. The van der Waals surface area contributed by atoms with E-state index in [1.807, 2.05) is 0 Å². The molecule has 1 heteroatoms. The second-order valence-electron chi connectivity index (χ2n) is 4.92. The van der Waals surface area contributed by atoms with Crippen LogP contribution in [-0.4, -0.2) is 0 Å². The Balaban J connectivity index is 1.85. The second kappa shape index (κ2) is 3.36. The monoisotopic (exact) mass is 222 g/mol. The number of ether oxygens (including phenoxy) is 1. The molecule has 1 nitrogen and oxygen atoms in total. The van der Waals surface area contributed by atoms with Crippen molar-refractivity contribution in [3.63, 3.8) is 0 Å². The maximum atomic E-state index is 6.14. The zero-order valence-electron chi connectivity index (χ0n) is 9.60. The average molecular weight is 222 g/mol. The standard InChI is InChI=1S/C16H14O/c1-2-6-12-11(5-1)9-10-14-13-7-3-4-8-15(13)17-16(12)14/h1-8,14,16H,9-10H2/t14-,16-/m0/s1. The van der Waals surface area contributed by atoms with Crippen LogP contribution in [0.15, 0.2) is 48.5 Å². The third-order valence-corrected chi connectivity index (χ3v) is 4.02. The van der Waals surface area contributed by atoms with E-state index in [2.05, 4.69) is 48.5 Å². The summed E-state index contributed by atoms with van der Waals surface area (Å²) in [5.41, 5.74) is 4.24. The second-order valence-corrected chi connectivity index (χ2v) is 4.92. The lowest BCUT2D eigenvalue weighted by Gasteiger charge is -2.27. The molecule has 1 aliphatic carbocycles. The van der Waals surface area contributed by atoms with Gasteiger partial charge in [-0.3, -0.25) is 0 Å². The molecule has 2 aliphatic rings. The number of benzene rings is 2. The molecule has 0 saturated heterocycles. The quantitative estimate of drug-likeness (QED) is 0.658. The van der Waals surface area contributed by atoms with Crippen LogP contribution in [0.3, 0.4) is 0 Å². The maximum absolute atomic E-state index is 6.14. The van der Waals surface area contributed by atoms with Gasteiger partial charge in [-0.1, -0.05) is 42.5 Å². The minimum Gasteiger partial charge on any atom is -0.485 e. The lowest BCUT2D eigenvalue weighted by molar-refractivity contribution is 0.195. The van der Waals surface area contributed by atoms with E-state index >= 15 is 0 Å². The van der Waals surface area contributed by atoms with E-state index in [4.69, 9.17) is 4.74 Å². The zero-order chi connectivity index (χ0) is 11.2. The molecular weight excluding hydrogens is 208 g/mol. The molecule has 0 bridgehead atoms. The van der Waals surface area contributed by atoms with Crippen LogP contribution in [0.1, 0.15) is 35.1 Å². The first-order chi connectivity index (χ1) is 8.43. The summed E-state index contributed by atoms with van der Waals surface area (Å²) in [6.07, 6.45) is 2.63. The van der Waals surface area contributed by atoms with E-state index in [0.717, 1.165) is 5.75 Å². The molecule has 2 aromatic rings. The van der Waals surface area contributed by atoms with Crippen molar-refractivity contribution < 1.29 is 4.74 Å². The summed E-state index contributed by atoms with van der Waals surface area (Å²) >= 11 is 0. The van der Waals surface area contributed by atoms with Gasteiger partial charge in [-0.2, -0.15) is 0 Å². The van der Waals surface area contributed by atoms with Crippen LogP contribution in [0.25, 0.3) is 0 Å². The van der Waals surface area contributed by atoms with E-state index in [1.54, 1.807) is 0 Å². The van der Waals surface area contributed by atoms with Crippen LogP contribution in [-0.2, 0) is 6.42 Å². The molecule has 0 unspecified atom stereocenters. The Hall–Kier alpha value is -1.76. The summed E-state index contributed by atoms with van der Waals surface area (Å²) in [5, 5.41) is 0. The van der Waals surface area contributed by atoms with E-state index in [1.165, 1.54) is 29.5 Å². The highest BCUT2D eigenvalue weighted by molar-refractivity contribution is 5.46. The minimum absolute atomic E-state index is 0.248. The van der Waals surface area contributed by atoms with Crippen LogP contribution in [0.4, 0.5) is 0 Å². The smallest absolute Gasteiger partial charge is 0.131 e. The molecule has 0 amide bonds. The molecule has 0 radical (unpaired) electrons. The first-order valence-corrected chi connectivity index (χ1v) is 6.27. The number of para-hydroxylation sites is 1. The summed E-state index contributed by atoms with van der Waals surface area (Å²) < 4.78 is 6.14. The molecule has 1 aliphatic heterocycles. The van der Waals surface area contributed by atoms with Gasteiger partial charge < -0.3 is 4.74 Å². The maximum Gasteiger partial charge on any atom is 0.131 e. The Bertz CT molecular complexity index is 573. The van der Waals surface area contributed by atoms with Gasteiger partial charge in [-0.05, 0) is 30.0 Å². The largest absolute Gasteiger partial charge is 0.485 e. The Morgan fingerprint density at radius 1 is 0.882 bits per heavy atom. The lowest BCUT2D eigenvalue weighted by Crippen LogP contribution is -2.18. The summed E-state index contributed by atoms with van der Waals surface area (Å²) in [7, 11) is 0. The number of hydrogen-bond acceptors (Lipinski definition) is 1. The van der Waals surface area contributed by atoms with Crippen LogP contribution in [0.2, 0.25) is 0 Å². The van der Waals surface area contributed by atoms with Gasteiger partial charge in [0, 0.05) is 11.5 Å². The number of aryl methyl sites for hydroxylation is 1. The topological polar surface area (TPSA) is 9.23 Å². The molecule has 2 aromatic carbocycles. The fraction of sp³-hybridized carbons (Fsp3) is 0.250. The van der Waals surface area contributed by atoms with Gasteiger partial charge in [-0.15, -0.1) is 0 Å². The van der Waals surface area contributed by atoms with E-state index in [-0.39, 0.29) is 6.10 Å². The normalized spacial score (nSPS) is 24.5. The van der Waals surface area contributed by atoms with Gasteiger partial charge >= 0.3 is 0 Å². The Kier molecular flexibility index (Phi) is 1.84. The molecule has 84 valence electrons. The zero-order valence-corrected chi connectivity index (χ0v) is 9.60. The summed E-state index contributed by atoms with van der Waals surface area (Å²) in [6, 6.07) is 17.2. The highest BCUT2D eigenvalue weighted by Crippen LogP contribution is 2.51. The molecule has 1 heterocycles. The average Bonchev–Trinajstić information content (AvgIpc) is 2.78. The Labute approximate surface area is 101 Å². The molecule has 0 spiro atoms. The molecule has 0 aromatic heterocycles. The number of hydrogen-bond donors (Lipinski definition) is 0. The van der Waals surface area contributed by atoms with E-state index in [0.29, 0.717) is 5.92 Å². The SMILES string of the molecule is c1ccc2c(c1)CC[C@H]1c3ccccc3O[C@@H]21. The molecule has 2 atom stereocenters. The summed E-state index contributed by atoms with van der Waals surface area (Å²) in [4.78, 5) is 0. The van der Waals surface area contributed by atoms with Gasteiger partial charge in [0.1, 0.15) is 11.9 Å². The Morgan fingerprint density at radius 2 is 1.65 bits per heavy atom. The first kappa shape index (κ1) is 9.29. The highest BCUT2D eigenvalue weighted by Gasteiger charge is 2.38. The van der Waals surface area contributed by atoms with Crippen molar-refractivity contribution in [1.82, 2.24) is 0 Å². The number of fused-ring (bicyclic) bond motifs is 5. The van der Waals surface area contributed by atoms with Crippen molar-refractivity contribution in [2.24, 2.45) is 0 Å². The molecule has 17 heavy (non-hydrogen) atoms. The van der Waals surface area contributed by atoms with Gasteiger partial charge in [0.15, 0.2) is 0 Å². The van der Waals surface area contributed by atoms with Crippen molar-refractivity contribution in [2.45, 2.75) is 24.9 Å². The van der Waals surface area contributed by atoms with Crippen LogP contribution in [0, 0.1) is 0 Å². The minimum atomic E-state index is 0.248. The van der Waals surface area contributed by atoms with Crippen LogP contribution in [0.5, 0.6) is 5.75 Å². The lowest BCUT2D eigenvalue weighted by atomic mass is 9.79. The molecule has 0 fully saturated rings. The van der Waals surface area contributed by atoms with Crippen molar-refractivity contribution in [1.29, 1.82) is 0 Å². The van der Waals surface area contributed by atoms with Gasteiger partial charge in [0.25, 0.3) is 0 Å². The van der Waals surface area contributed by atoms with Crippen molar-refractivity contribution in [3.05, 3.63) is 65.2 Å². The van der Waals surface area contributed by atoms with Crippen molar-refractivity contribution in [3.8, 4) is 5.75 Å². The highest BCUT2D eigenvalue weighted by atomic mass is 16.5. The third kappa shape index (κ3) is 1.25. The predicted octanol–water partition coefficient (Wildman–Crippen LogP) is 3.85. The summed E-state index contributed by atoms with van der Waals surface area (Å²) in [5.74, 6) is 1.64. The van der Waals surface area contributed by atoms with Gasteiger partial charge in [0.05, 0.1) is 0 Å². The number of rotatable bonds is 0. The fourth-order valence-corrected chi connectivity index (χ4v) is 3.21. The first-order valence-electron chi connectivity index (χ1n) is 6.27. The molecule has 4 rings (SSSR count). The van der Waals surface area contributed by atoms with Gasteiger partial charge in [-0.25, -0.2) is 0 Å². The Morgan fingerprint density at radius 3 is 2.59 bits per heavy atom. The third-order valence-electron chi connectivity index (χ3n) is 4.02.